The molecule has 2 N–H and O–H groups in total. The summed E-state index contributed by atoms with van der Waals surface area (Å²) in [6.07, 6.45) is 0.192. The molecule has 0 aliphatic carbocycles. The third-order valence-electron chi connectivity index (χ3n) is 3.26. The normalized spacial score (nSPS) is 16.3. The van der Waals surface area contributed by atoms with Crippen LogP contribution < -0.4 is 5.32 Å². The maximum absolute atomic E-state index is 12.3. The summed E-state index contributed by atoms with van der Waals surface area (Å²) in [5, 5.41) is 11.7. The van der Waals surface area contributed by atoms with Crippen LogP contribution in [0, 0.1) is 0 Å². The zero-order valence-electron chi connectivity index (χ0n) is 10.8. The number of nitrogens with one attached hydrogen (secondary N) is 1. The summed E-state index contributed by atoms with van der Waals surface area (Å²) in [5.41, 5.74) is 1.33. The number of benzene rings is 1. The van der Waals surface area contributed by atoms with Crippen molar-refractivity contribution < 1.29 is 18.3 Å². The number of carbonyl (C=O) groups excluding carboxylic acids is 1. The molecule has 1 heterocycles. The van der Waals surface area contributed by atoms with Crippen LogP contribution in [0.5, 0.6) is 0 Å². The van der Waals surface area contributed by atoms with Crippen molar-refractivity contribution in [1.82, 2.24) is 4.31 Å². The lowest BCUT2D eigenvalue weighted by atomic mass is 10.2. The molecular formula is C12H16N2O4S. The zero-order chi connectivity index (χ0) is 14.2. The molecule has 1 aromatic rings. The molecule has 0 radical (unpaired) electrons. The van der Waals surface area contributed by atoms with E-state index in [4.69, 9.17) is 5.11 Å². The van der Waals surface area contributed by atoms with E-state index < -0.39 is 16.1 Å². The summed E-state index contributed by atoms with van der Waals surface area (Å²) in [4.78, 5) is 11.4. The maximum Gasteiger partial charge on any atom is 0.243 e. The van der Waals surface area contributed by atoms with Crippen molar-refractivity contribution in [3.63, 3.8) is 0 Å². The van der Waals surface area contributed by atoms with Crippen LogP contribution in [0.3, 0.4) is 0 Å². The first-order valence-corrected chi connectivity index (χ1v) is 7.32. The van der Waals surface area contributed by atoms with Gasteiger partial charge in [-0.1, -0.05) is 0 Å². The van der Waals surface area contributed by atoms with Crippen LogP contribution >= 0.6 is 0 Å². The Morgan fingerprint density at radius 3 is 2.79 bits per heavy atom. The second-order valence-corrected chi connectivity index (χ2v) is 6.59. The summed E-state index contributed by atoms with van der Waals surface area (Å²) in [5.74, 6) is -0.137. The first-order valence-electron chi connectivity index (χ1n) is 5.88. The third-order valence-corrected chi connectivity index (χ3v) is 5.23. The number of aliphatic hydroxyl groups excluding tert-OH is 1. The van der Waals surface area contributed by atoms with Crippen LogP contribution in [0.15, 0.2) is 23.1 Å². The van der Waals surface area contributed by atoms with Gasteiger partial charge in [-0.2, -0.15) is 4.31 Å². The summed E-state index contributed by atoms with van der Waals surface area (Å²) >= 11 is 0. The van der Waals surface area contributed by atoms with Crippen LogP contribution in [-0.2, 0) is 21.2 Å². The van der Waals surface area contributed by atoms with Gasteiger partial charge in [0.2, 0.25) is 15.9 Å². The van der Waals surface area contributed by atoms with Gasteiger partial charge in [-0.25, -0.2) is 8.42 Å². The Morgan fingerprint density at radius 1 is 1.47 bits per heavy atom. The molecule has 0 spiro atoms. The number of hydrogen-bond acceptors (Lipinski definition) is 4. The van der Waals surface area contributed by atoms with E-state index in [1.807, 2.05) is 0 Å². The van der Waals surface area contributed by atoms with Crippen LogP contribution in [-0.4, -0.2) is 43.4 Å². The first kappa shape index (κ1) is 14.0. The molecule has 6 nitrogen and oxygen atoms in total. The lowest BCUT2D eigenvalue weighted by Gasteiger charge is -2.22. The quantitative estimate of drug-likeness (QED) is 0.826. The number of likely N-dealkylation sites (N-methyl/N-ethyl adjacent to an activating group) is 1. The highest BCUT2D eigenvalue weighted by Crippen LogP contribution is 2.27. The van der Waals surface area contributed by atoms with E-state index in [2.05, 4.69) is 5.32 Å². The van der Waals surface area contributed by atoms with Crippen molar-refractivity contribution >= 4 is 21.6 Å². The molecule has 1 unspecified atom stereocenters. The SMILES string of the molecule is CC(CO)N(C)S(=O)(=O)c1ccc2c(c1)CC(=O)N2. The lowest BCUT2D eigenvalue weighted by Crippen LogP contribution is -2.37. The van der Waals surface area contributed by atoms with Crippen molar-refractivity contribution in [2.75, 3.05) is 19.0 Å². The highest BCUT2D eigenvalue weighted by atomic mass is 32.2. The van der Waals surface area contributed by atoms with E-state index in [9.17, 15) is 13.2 Å². The van der Waals surface area contributed by atoms with Gasteiger partial charge in [0, 0.05) is 18.8 Å². The second-order valence-electron chi connectivity index (χ2n) is 4.60. The lowest BCUT2D eigenvalue weighted by molar-refractivity contribution is -0.115. The average molecular weight is 284 g/mol. The highest BCUT2D eigenvalue weighted by Gasteiger charge is 2.27. The maximum atomic E-state index is 12.3. The van der Waals surface area contributed by atoms with Gasteiger partial charge in [0.1, 0.15) is 0 Å². The van der Waals surface area contributed by atoms with E-state index in [1.165, 1.54) is 19.2 Å². The van der Waals surface area contributed by atoms with Crippen molar-refractivity contribution in [1.29, 1.82) is 0 Å². The number of rotatable bonds is 4. The van der Waals surface area contributed by atoms with Crippen LogP contribution in [0.1, 0.15) is 12.5 Å². The minimum absolute atomic E-state index is 0.130. The Hall–Kier alpha value is -1.44. The Morgan fingerprint density at radius 2 is 2.16 bits per heavy atom. The molecule has 104 valence electrons. The fourth-order valence-corrected chi connectivity index (χ4v) is 3.29. The third kappa shape index (κ3) is 2.49. The summed E-state index contributed by atoms with van der Waals surface area (Å²) in [7, 11) is -2.23. The van der Waals surface area contributed by atoms with E-state index >= 15 is 0 Å². The molecule has 0 fully saturated rings. The molecule has 2 rings (SSSR count). The van der Waals surface area contributed by atoms with E-state index in [0.717, 1.165) is 4.31 Å². The number of sulfonamides is 1. The Balaban J connectivity index is 2.38. The average Bonchev–Trinajstić information content (AvgIpc) is 2.75. The van der Waals surface area contributed by atoms with Gasteiger partial charge in [0.25, 0.3) is 0 Å². The van der Waals surface area contributed by atoms with E-state index in [-0.39, 0.29) is 23.8 Å². The number of aliphatic hydroxyl groups is 1. The van der Waals surface area contributed by atoms with Gasteiger partial charge in [-0.05, 0) is 30.7 Å². The Labute approximate surface area is 112 Å². The Bertz CT molecular complexity index is 612. The molecule has 0 saturated carbocycles. The van der Waals surface area contributed by atoms with Crippen LogP contribution in [0.4, 0.5) is 5.69 Å². The van der Waals surface area contributed by atoms with Crippen molar-refractivity contribution in [3.05, 3.63) is 23.8 Å². The fraction of sp³-hybridized carbons (Fsp3) is 0.417. The number of carbonyl (C=O) groups is 1. The van der Waals surface area contributed by atoms with Gasteiger partial charge in [-0.3, -0.25) is 4.79 Å². The van der Waals surface area contributed by atoms with Gasteiger partial charge in [0.15, 0.2) is 0 Å². The molecule has 0 saturated heterocycles. The minimum atomic E-state index is -3.66. The van der Waals surface area contributed by atoms with Gasteiger partial charge >= 0.3 is 0 Å². The first-order chi connectivity index (χ1) is 8.86. The molecule has 1 aliphatic rings. The molecule has 1 amide bonds. The number of anilines is 1. The predicted octanol–water partition coefficient (Wildman–Crippen LogP) is 0.183. The number of hydrogen-bond donors (Lipinski definition) is 2. The fourth-order valence-electron chi connectivity index (χ4n) is 1.88. The number of amides is 1. The summed E-state index contributed by atoms with van der Waals surface area (Å²) in [6.45, 7) is 1.37. The van der Waals surface area contributed by atoms with E-state index in [0.29, 0.717) is 11.3 Å². The van der Waals surface area contributed by atoms with Crippen LogP contribution in [0.25, 0.3) is 0 Å². The smallest absolute Gasteiger partial charge is 0.243 e. The molecule has 1 atom stereocenters. The summed E-state index contributed by atoms with van der Waals surface area (Å²) < 4.78 is 25.8. The number of nitrogens with zero attached hydrogens (tertiary/aromatic N) is 1. The molecular weight excluding hydrogens is 268 g/mol. The van der Waals surface area contributed by atoms with Gasteiger partial charge in [0.05, 0.1) is 17.9 Å². The summed E-state index contributed by atoms with van der Waals surface area (Å²) in [6, 6.07) is 4.05. The van der Waals surface area contributed by atoms with Crippen molar-refractivity contribution in [2.24, 2.45) is 0 Å². The van der Waals surface area contributed by atoms with Crippen LogP contribution in [0.2, 0.25) is 0 Å². The largest absolute Gasteiger partial charge is 0.395 e. The molecule has 7 heteroatoms. The molecule has 19 heavy (non-hydrogen) atoms. The zero-order valence-corrected chi connectivity index (χ0v) is 11.6. The monoisotopic (exact) mass is 284 g/mol. The topological polar surface area (TPSA) is 86.7 Å². The van der Waals surface area contributed by atoms with Crippen molar-refractivity contribution in [2.45, 2.75) is 24.3 Å². The standard InChI is InChI=1S/C12H16N2O4S/c1-8(7-15)14(2)19(17,18)10-3-4-11-9(5-10)6-12(16)13-11/h3-5,8,15H,6-7H2,1-2H3,(H,13,16). The molecule has 0 bridgehead atoms. The van der Waals surface area contributed by atoms with Gasteiger partial charge in [-0.15, -0.1) is 0 Å². The van der Waals surface area contributed by atoms with Crippen molar-refractivity contribution in [3.8, 4) is 0 Å². The number of fused-ring (bicyclic) bond motifs is 1. The Kier molecular flexibility index (Phi) is 3.62. The predicted molar refractivity (Wildman–Crippen MR) is 70.3 cm³/mol. The van der Waals surface area contributed by atoms with Gasteiger partial charge < -0.3 is 10.4 Å². The molecule has 0 aromatic heterocycles. The second kappa shape index (κ2) is 4.92. The molecule has 1 aromatic carbocycles. The highest BCUT2D eigenvalue weighted by molar-refractivity contribution is 7.89. The van der Waals surface area contributed by atoms with E-state index in [1.54, 1.807) is 13.0 Å². The molecule has 1 aliphatic heterocycles. The minimum Gasteiger partial charge on any atom is -0.395 e.